The zero-order valence-corrected chi connectivity index (χ0v) is 18.6. The maximum absolute atomic E-state index is 12.3. The van der Waals surface area contributed by atoms with Crippen LogP contribution in [-0.4, -0.2) is 32.6 Å². The van der Waals surface area contributed by atoms with Gasteiger partial charge in [0.25, 0.3) is 10.1 Å². The summed E-state index contributed by atoms with van der Waals surface area (Å²) in [5, 5.41) is 2.63. The van der Waals surface area contributed by atoms with Gasteiger partial charge in [-0.25, -0.2) is 0 Å². The number of nitrogens with one attached hydrogen (secondary N) is 1. The highest BCUT2D eigenvalue weighted by Gasteiger charge is 2.48. The quantitative estimate of drug-likeness (QED) is 0.319. The minimum absolute atomic E-state index is 0.170. The van der Waals surface area contributed by atoms with Crippen molar-refractivity contribution in [2.75, 3.05) is 12.9 Å². The molecule has 1 heterocycles. The zero-order valence-electron chi connectivity index (χ0n) is 17.0. The van der Waals surface area contributed by atoms with E-state index in [0.29, 0.717) is 0 Å². The highest BCUT2D eigenvalue weighted by Crippen LogP contribution is 2.52. The van der Waals surface area contributed by atoms with Crippen LogP contribution in [-0.2, 0) is 23.8 Å². The Morgan fingerprint density at radius 2 is 1.26 bits per heavy atom. The number of carbonyl (C=O) groups excluding carboxylic acids is 1. The fraction of sp³-hybridized carbons (Fsp3) is 0.208. The van der Waals surface area contributed by atoms with Crippen LogP contribution in [0.25, 0.3) is 0 Å². The van der Waals surface area contributed by atoms with Crippen LogP contribution < -0.4 is 5.32 Å². The lowest BCUT2D eigenvalue weighted by Gasteiger charge is -2.44. The van der Waals surface area contributed by atoms with E-state index in [1.54, 1.807) is 11.8 Å². The molecular weight excluding hydrogens is 430 g/mol. The lowest BCUT2D eigenvalue weighted by molar-refractivity contribution is -0.133. The van der Waals surface area contributed by atoms with E-state index in [0.717, 1.165) is 22.9 Å². The molecular formula is C24H23NO4S2. The Kier molecular flexibility index (Phi) is 6.18. The highest BCUT2D eigenvalue weighted by molar-refractivity contribution is 8.01. The maximum Gasteiger partial charge on any atom is 0.264 e. The summed E-state index contributed by atoms with van der Waals surface area (Å²) in [6.07, 6.45) is 0.994. The maximum atomic E-state index is 12.3. The predicted molar refractivity (Wildman–Crippen MR) is 123 cm³/mol. The molecule has 0 aliphatic carbocycles. The van der Waals surface area contributed by atoms with Crippen molar-refractivity contribution in [2.45, 2.75) is 10.1 Å². The van der Waals surface area contributed by atoms with Gasteiger partial charge in [-0.15, -0.1) is 11.8 Å². The van der Waals surface area contributed by atoms with Crippen molar-refractivity contribution in [3.8, 4) is 0 Å². The molecule has 0 aromatic heterocycles. The summed E-state index contributed by atoms with van der Waals surface area (Å²) in [7, 11) is -3.63. The van der Waals surface area contributed by atoms with Gasteiger partial charge in [-0.1, -0.05) is 91.0 Å². The monoisotopic (exact) mass is 453 g/mol. The zero-order chi connectivity index (χ0) is 21.9. The Balaban J connectivity index is 1.80. The first-order valence-electron chi connectivity index (χ1n) is 9.89. The Morgan fingerprint density at radius 3 is 1.61 bits per heavy atom. The summed E-state index contributed by atoms with van der Waals surface area (Å²) >= 11 is 1.59. The molecule has 1 saturated heterocycles. The summed E-state index contributed by atoms with van der Waals surface area (Å²) in [5.41, 5.74) is 3.21. The van der Waals surface area contributed by atoms with E-state index in [1.165, 1.54) is 0 Å². The standard InChI is InChI=1S/C24H23NO4S2/c1-31(27,28)29-17-21-22(26)25-23(21)30-24(18-11-5-2-6-12-18,19-13-7-3-8-14-19)20-15-9-4-10-16-20/h2-16,21,23H,17H2,1H3,(H,25,26)/t21-,23+/m1/s1. The molecule has 1 aliphatic heterocycles. The van der Waals surface area contributed by atoms with Gasteiger partial charge in [-0.3, -0.25) is 8.98 Å². The molecule has 1 amide bonds. The fourth-order valence-corrected chi connectivity index (χ4v) is 5.91. The minimum atomic E-state index is -3.63. The van der Waals surface area contributed by atoms with Crippen LogP contribution in [0.2, 0.25) is 0 Å². The van der Waals surface area contributed by atoms with Gasteiger partial charge < -0.3 is 5.32 Å². The molecule has 1 aliphatic rings. The van der Waals surface area contributed by atoms with Crippen LogP contribution in [0, 0.1) is 5.92 Å². The number of hydrogen-bond acceptors (Lipinski definition) is 5. The smallest absolute Gasteiger partial charge is 0.264 e. The molecule has 31 heavy (non-hydrogen) atoms. The summed E-state index contributed by atoms with van der Waals surface area (Å²) in [5.74, 6) is -0.764. The number of hydrogen-bond donors (Lipinski definition) is 1. The average Bonchev–Trinajstić information content (AvgIpc) is 2.77. The van der Waals surface area contributed by atoms with E-state index in [1.807, 2.05) is 54.6 Å². The Bertz CT molecular complexity index is 1040. The average molecular weight is 454 g/mol. The first-order valence-corrected chi connectivity index (χ1v) is 12.6. The van der Waals surface area contributed by atoms with Gasteiger partial charge in [0.1, 0.15) is 0 Å². The third kappa shape index (κ3) is 4.54. The normalized spacial score (nSPS) is 18.8. The summed E-state index contributed by atoms with van der Waals surface area (Å²) in [6.45, 7) is -0.170. The third-order valence-electron chi connectivity index (χ3n) is 5.29. The fourth-order valence-electron chi connectivity index (χ4n) is 3.77. The molecule has 160 valence electrons. The third-order valence-corrected chi connectivity index (χ3v) is 7.62. The predicted octanol–water partition coefficient (Wildman–Crippen LogP) is 3.76. The van der Waals surface area contributed by atoms with Crippen molar-refractivity contribution in [2.24, 2.45) is 5.92 Å². The number of amides is 1. The van der Waals surface area contributed by atoms with Crippen molar-refractivity contribution < 1.29 is 17.4 Å². The second-order valence-corrected chi connectivity index (χ2v) is 10.4. The molecule has 5 nitrogen and oxygen atoms in total. The Hall–Kier alpha value is -2.61. The van der Waals surface area contributed by atoms with Gasteiger partial charge in [0.15, 0.2) is 0 Å². The molecule has 0 bridgehead atoms. The molecule has 0 unspecified atom stereocenters. The lowest BCUT2D eigenvalue weighted by Crippen LogP contribution is -2.59. The van der Waals surface area contributed by atoms with Gasteiger partial charge >= 0.3 is 0 Å². The van der Waals surface area contributed by atoms with Crippen molar-refractivity contribution in [3.63, 3.8) is 0 Å². The van der Waals surface area contributed by atoms with Crippen LogP contribution in [0.4, 0.5) is 0 Å². The molecule has 0 saturated carbocycles. The first-order chi connectivity index (χ1) is 14.9. The van der Waals surface area contributed by atoms with E-state index in [-0.39, 0.29) is 17.9 Å². The van der Waals surface area contributed by atoms with Crippen molar-refractivity contribution in [1.82, 2.24) is 5.32 Å². The van der Waals surface area contributed by atoms with E-state index in [2.05, 4.69) is 41.7 Å². The second-order valence-electron chi connectivity index (χ2n) is 7.42. The van der Waals surface area contributed by atoms with Crippen LogP contribution in [0.3, 0.4) is 0 Å². The molecule has 3 aromatic rings. The summed E-state index contributed by atoms with van der Waals surface area (Å²) < 4.78 is 27.3. The molecule has 7 heteroatoms. The van der Waals surface area contributed by atoms with Gasteiger partial charge in [-0.05, 0) is 16.7 Å². The number of β-lactam (4-membered cyclic amide) rings is 1. The highest BCUT2D eigenvalue weighted by atomic mass is 32.2. The van der Waals surface area contributed by atoms with Crippen LogP contribution in [0.5, 0.6) is 0 Å². The van der Waals surface area contributed by atoms with E-state index in [4.69, 9.17) is 4.18 Å². The van der Waals surface area contributed by atoms with Gasteiger partial charge in [-0.2, -0.15) is 8.42 Å². The Morgan fingerprint density at radius 1 is 0.839 bits per heavy atom. The molecule has 2 atom stereocenters. The largest absolute Gasteiger partial charge is 0.343 e. The number of carbonyl (C=O) groups is 1. The van der Waals surface area contributed by atoms with Crippen molar-refractivity contribution >= 4 is 27.8 Å². The molecule has 1 fully saturated rings. The molecule has 3 aromatic carbocycles. The van der Waals surface area contributed by atoms with Crippen LogP contribution in [0.1, 0.15) is 16.7 Å². The van der Waals surface area contributed by atoms with Gasteiger partial charge in [0, 0.05) is 0 Å². The van der Waals surface area contributed by atoms with Crippen molar-refractivity contribution in [3.05, 3.63) is 108 Å². The second kappa shape index (κ2) is 8.86. The lowest BCUT2D eigenvalue weighted by atomic mass is 9.84. The van der Waals surface area contributed by atoms with Crippen molar-refractivity contribution in [1.29, 1.82) is 0 Å². The van der Waals surface area contributed by atoms with Crippen LogP contribution >= 0.6 is 11.8 Å². The summed E-state index contributed by atoms with van der Waals surface area (Å²) in [6, 6.07) is 30.4. The number of benzene rings is 3. The minimum Gasteiger partial charge on any atom is -0.343 e. The summed E-state index contributed by atoms with van der Waals surface area (Å²) in [4.78, 5) is 12.3. The van der Waals surface area contributed by atoms with E-state index in [9.17, 15) is 13.2 Å². The molecule has 4 rings (SSSR count). The number of thioether (sulfide) groups is 1. The molecule has 0 spiro atoms. The molecule has 0 radical (unpaired) electrons. The van der Waals surface area contributed by atoms with E-state index >= 15 is 0 Å². The SMILES string of the molecule is CS(=O)(=O)OC[C@@H]1C(=O)N[C@H]1SC(c1ccccc1)(c1ccccc1)c1ccccc1. The molecule has 1 N–H and O–H groups in total. The van der Waals surface area contributed by atoms with Gasteiger partial charge in [0.05, 0.1) is 28.9 Å². The van der Waals surface area contributed by atoms with Crippen LogP contribution in [0.15, 0.2) is 91.0 Å². The topological polar surface area (TPSA) is 72.5 Å². The van der Waals surface area contributed by atoms with Gasteiger partial charge in [0.2, 0.25) is 5.91 Å². The Labute approximate surface area is 187 Å². The number of rotatable bonds is 8. The first kappa shape index (κ1) is 21.6. The van der Waals surface area contributed by atoms with E-state index < -0.39 is 20.8 Å².